The van der Waals surface area contributed by atoms with E-state index in [0.29, 0.717) is 0 Å². The first-order chi connectivity index (χ1) is 17.7. The van der Waals surface area contributed by atoms with E-state index in [4.69, 9.17) is 9.98 Å². The van der Waals surface area contributed by atoms with E-state index in [-0.39, 0.29) is 16.5 Å². The van der Waals surface area contributed by atoms with Gasteiger partial charge < -0.3 is 0 Å². The van der Waals surface area contributed by atoms with Gasteiger partial charge in [-0.2, -0.15) is 0 Å². The van der Waals surface area contributed by atoms with Crippen molar-refractivity contribution in [2.45, 2.75) is 130 Å². The monoisotopic (exact) mass is 546 g/mol. The molecular weight excluding hydrogens is 495 g/mol. The maximum Gasteiger partial charge on any atom is 0.0636 e. The van der Waals surface area contributed by atoms with Crippen molar-refractivity contribution in [2.24, 2.45) is 9.98 Å². The number of para-hydroxylation sites is 1. The van der Waals surface area contributed by atoms with Crippen molar-refractivity contribution < 1.29 is 16.5 Å². The van der Waals surface area contributed by atoms with Crippen LogP contribution in [0.1, 0.15) is 129 Å². The van der Waals surface area contributed by atoms with Crippen molar-refractivity contribution in [3.63, 3.8) is 0 Å². The maximum absolute atomic E-state index is 5.32. The number of aliphatic imine (C=N–C) groups is 2. The van der Waals surface area contributed by atoms with E-state index in [1.165, 1.54) is 99.6 Å². The van der Waals surface area contributed by atoms with Crippen LogP contribution in [-0.4, -0.2) is 11.4 Å². The van der Waals surface area contributed by atoms with Gasteiger partial charge in [-0.3, -0.25) is 9.98 Å². The van der Waals surface area contributed by atoms with E-state index in [9.17, 15) is 0 Å². The maximum atomic E-state index is 5.32. The minimum atomic E-state index is 0. The summed E-state index contributed by atoms with van der Waals surface area (Å²) >= 11 is 0. The van der Waals surface area contributed by atoms with Gasteiger partial charge in [0.1, 0.15) is 0 Å². The molecule has 0 N–H and O–H groups in total. The van der Waals surface area contributed by atoms with Gasteiger partial charge in [0.15, 0.2) is 0 Å². The predicted octanol–water partition coefficient (Wildman–Crippen LogP) is 11.2. The molecule has 0 aliphatic carbocycles. The fourth-order valence-corrected chi connectivity index (χ4v) is 4.65. The van der Waals surface area contributed by atoms with E-state index in [1.54, 1.807) is 0 Å². The summed E-state index contributed by atoms with van der Waals surface area (Å²) in [6, 6.07) is 17.4. The molecule has 37 heavy (non-hydrogen) atoms. The first-order valence-electron chi connectivity index (χ1n) is 15.0. The van der Waals surface area contributed by atoms with Crippen molar-refractivity contribution in [3.8, 4) is 0 Å². The van der Waals surface area contributed by atoms with Crippen LogP contribution in [0.3, 0.4) is 0 Å². The number of benzene rings is 2. The van der Waals surface area contributed by atoms with Gasteiger partial charge in [-0.05, 0) is 86.8 Å². The van der Waals surface area contributed by atoms with Crippen LogP contribution in [-0.2, 0) is 29.3 Å². The zero-order chi connectivity index (χ0) is 25.8. The van der Waals surface area contributed by atoms with Gasteiger partial charge in [0.05, 0.1) is 22.8 Å². The number of unbranched alkanes of at least 4 members (excludes halogenated alkanes) is 8. The van der Waals surface area contributed by atoms with Crippen LogP contribution in [0.4, 0.5) is 11.4 Å². The molecule has 2 aromatic rings. The molecule has 0 fully saturated rings. The Morgan fingerprint density at radius 3 is 1.70 bits per heavy atom. The molecule has 208 valence electrons. The molecule has 0 unspecified atom stereocenters. The van der Waals surface area contributed by atoms with Gasteiger partial charge in [-0.25, -0.2) is 0 Å². The number of aryl methyl sites for hydroxylation is 2. The minimum absolute atomic E-state index is 0. The van der Waals surface area contributed by atoms with Crippen molar-refractivity contribution in [1.82, 2.24) is 0 Å². The van der Waals surface area contributed by atoms with E-state index >= 15 is 0 Å². The van der Waals surface area contributed by atoms with Crippen molar-refractivity contribution in [1.29, 1.82) is 0 Å². The van der Waals surface area contributed by atoms with Gasteiger partial charge in [0.25, 0.3) is 0 Å². The average molecular weight is 547 g/mol. The summed E-state index contributed by atoms with van der Waals surface area (Å²) in [5.41, 5.74) is 7.55. The van der Waals surface area contributed by atoms with Gasteiger partial charge in [0, 0.05) is 16.5 Å². The van der Waals surface area contributed by atoms with E-state index < -0.39 is 0 Å². The Kier molecular flexibility index (Phi) is 19.1. The molecule has 0 heterocycles. The quantitative estimate of drug-likeness (QED) is 0.0950. The van der Waals surface area contributed by atoms with Crippen LogP contribution in [0.2, 0.25) is 0 Å². The molecule has 0 atom stereocenters. The molecule has 0 aliphatic rings. The number of hydrogen-bond donors (Lipinski definition) is 0. The van der Waals surface area contributed by atoms with Crippen molar-refractivity contribution in [2.75, 3.05) is 0 Å². The first-order valence-corrected chi connectivity index (χ1v) is 15.0. The fraction of sp³-hybridized carbons (Fsp3) is 0.588. The molecule has 0 spiro atoms. The third-order valence-electron chi connectivity index (χ3n) is 6.94. The Morgan fingerprint density at radius 1 is 0.514 bits per heavy atom. The summed E-state index contributed by atoms with van der Waals surface area (Å²) in [4.78, 5) is 10.5. The standard InChI is InChI=1S/C34H52N2.Ni/c1-5-9-13-14-15-19-25-34(33(24-12-8-4)35-31-22-17-16-18-23-31)36-32-27-26-29(20-10-6-2)30(28-32)21-11-7-3;/h16-18,22-23,26-28H,5-15,19-21,24-25H2,1-4H3;. The second kappa shape index (κ2) is 21.2. The predicted molar refractivity (Wildman–Crippen MR) is 162 cm³/mol. The van der Waals surface area contributed by atoms with E-state index in [2.05, 4.69) is 76.2 Å². The van der Waals surface area contributed by atoms with Gasteiger partial charge in [-0.1, -0.05) is 103 Å². The average Bonchev–Trinajstić information content (AvgIpc) is 2.91. The largest absolute Gasteiger partial charge is 0.252 e. The third-order valence-corrected chi connectivity index (χ3v) is 6.94. The molecule has 2 rings (SSSR count). The van der Waals surface area contributed by atoms with Gasteiger partial charge >= 0.3 is 0 Å². The normalized spacial score (nSPS) is 12.0. The topological polar surface area (TPSA) is 24.7 Å². The van der Waals surface area contributed by atoms with Crippen LogP contribution in [0.25, 0.3) is 0 Å². The zero-order valence-corrected chi connectivity index (χ0v) is 25.1. The molecule has 0 radical (unpaired) electrons. The summed E-state index contributed by atoms with van der Waals surface area (Å²) in [5, 5.41) is 0. The molecule has 0 saturated heterocycles. The second-order valence-corrected chi connectivity index (χ2v) is 10.2. The summed E-state index contributed by atoms with van der Waals surface area (Å²) in [7, 11) is 0. The van der Waals surface area contributed by atoms with Crippen molar-refractivity contribution in [3.05, 3.63) is 59.7 Å². The summed E-state index contributed by atoms with van der Waals surface area (Å²) in [6.45, 7) is 9.11. The molecule has 2 nitrogen and oxygen atoms in total. The van der Waals surface area contributed by atoms with Crippen LogP contribution in [0, 0.1) is 0 Å². The fourth-order valence-electron chi connectivity index (χ4n) is 4.65. The van der Waals surface area contributed by atoms with E-state index in [0.717, 1.165) is 37.1 Å². The molecule has 3 heteroatoms. The second-order valence-electron chi connectivity index (χ2n) is 10.2. The minimum Gasteiger partial charge on any atom is -0.252 e. The van der Waals surface area contributed by atoms with Crippen LogP contribution < -0.4 is 0 Å². The number of nitrogens with zero attached hydrogens (tertiary/aromatic N) is 2. The Morgan fingerprint density at radius 2 is 1.05 bits per heavy atom. The zero-order valence-electron chi connectivity index (χ0n) is 24.1. The Bertz CT molecular complexity index is 901. The van der Waals surface area contributed by atoms with Crippen LogP contribution >= 0.6 is 0 Å². The molecule has 0 bridgehead atoms. The molecule has 2 aromatic carbocycles. The molecule has 0 amide bonds. The van der Waals surface area contributed by atoms with Crippen molar-refractivity contribution >= 4 is 22.8 Å². The van der Waals surface area contributed by atoms with Crippen LogP contribution in [0.15, 0.2) is 58.5 Å². The van der Waals surface area contributed by atoms with E-state index in [1.807, 2.05) is 0 Å². The first kappa shape index (κ1) is 33.3. The Labute approximate surface area is 238 Å². The van der Waals surface area contributed by atoms with Crippen LogP contribution in [0.5, 0.6) is 0 Å². The summed E-state index contributed by atoms with van der Waals surface area (Å²) < 4.78 is 0. The Balaban J connectivity index is 0.00000684. The smallest absolute Gasteiger partial charge is 0.0636 e. The molecule has 0 saturated carbocycles. The molecule has 0 aliphatic heterocycles. The summed E-state index contributed by atoms with van der Waals surface area (Å²) in [5.74, 6) is 0. The Hall–Kier alpha value is -1.73. The SMILES string of the molecule is CCCCCCCCC(=Nc1ccc(CCCC)c(CCCC)c1)C(CCCC)=Nc1ccccc1.[Ni]. The summed E-state index contributed by atoms with van der Waals surface area (Å²) in [6.07, 6.45) is 19.5. The third kappa shape index (κ3) is 13.6. The van der Waals surface area contributed by atoms with Gasteiger partial charge in [-0.15, -0.1) is 0 Å². The van der Waals surface area contributed by atoms with Gasteiger partial charge in [0.2, 0.25) is 0 Å². The molecule has 0 aromatic heterocycles. The molecular formula is C34H52N2Ni. The number of hydrogen-bond acceptors (Lipinski definition) is 2. The number of rotatable bonds is 19.